The summed E-state index contributed by atoms with van der Waals surface area (Å²) in [5.74, 6) is -37.3. The van der Waals surface area contributed by atoms with Gasteiger partial charge < -0.3 is 0 Å². The maximum absolute atomic E-state index is 14.0. The molecular weight excluding hydrogens is 475 g/mol. The monoisotopic (exact) mass is 484 g/mol. The summed E-state index contributed by atoms with van der Waals surface area (Å²) in [6, 6.07) is -0.110. The first-order valence-corrected chi connectivity index (χ1v) is 8.30. The van der Waals surface area contributed by atoms with Crippen LogP contribution in [0.5, 0.6) is 0 Å². The molecule has 0 atom stereocenters. The number of hydrogen-bond donors (Lipinski definition) is 0. The second kappa shape index (κ2) is 8.07. The molecule has 0 bridgehead atoms. The van der Waals surface area contributed by atoms with E-state index in [4.69, 9.17) is 0 Å². The van der Waals surface area contributed by atoms with E-state index in [1.54, 1.807) is 0 Å². The van der Waals surface area contributed by atoms with Gasteiger partial charge in [-0.25, -0.2) is 9.97 Å². The number of rotatable bonds is 9. The van der Waals surface area contributed by atoms with E-state index in [9.17, 15) is 57.1 Å². The molecule has 0 aliphatic carbocycles. The van der Waals surface area contributed by atoms with Crippen molar-refractivity contribution in [3.05, 3.63) is 30.6 Å². The molecule has 16 heteroatoms. The fourth-order valence-electron chi connectivity index (χ4n) is 1.75. The van der Waals surface area contributed by atoms with E-state index in [0.717, 1.165) is 0 Å². The molecule has 0 radical (unpaired) electrons. The third-order valence-electron chi connectivity index (χ3n) is 3.44. The number of aromatic nitrogens is 2. The molecule has 2 nitrogen and oxygen atoms in total. The summed E-state index contributed by atoms with van der Waals surface area (Å²) < 4.78 is 171. The third-order valence-corrected chi connectivity index (χ3v) is 4.34. The number of allylic oxidation sites excluding steroid dienone is 1. The van der Waals surface area contributed by atoms with Crippen LogP contribution in [0, 0.1) is 0 Å². The van der Waals surface area contributed by atoms with Gasteiger partial charge in [0.2, 0.25) is 0 Å². The average Bonchev–Trinajstić information content (AvgIpc) is 2.60. The maximum Gasteiger partial charge on any atom is 0.460 e. The lowest BCUT2D eigenvalue weighted by atomic mass is 9.92. The van der Waals surface area contributed by atoms with Crippen LogP contribution in [0.1, 0.15) is 12.1 Å². The molecule has 1 aromatic heterocycles. The molecule has 0 N–H and O–H groups in total. The van der Waals surface area contributed by atoms with Gasteiger partial charge in [0.1, 0.15) is 5.69 Å². The van der Waals surface area contributed by atoms with Crippen LogP contribution in [0.2, 0.25) is 0 Å². The fourth-order valence-corrected chi connectivity index (χ4v) is 2.51. The Labute approximate surface area is 163 Å². The highest BCUT2D eigenvalue weighted by Crippen LogP contribution is 2.61. The van der Waals surface area contributed by atoms with Gasteiger partial charge in [0.25, 0.3) is 0 Å². The van der Waals surface area contributed by atoms with Crippen LogP contribution >= 0.6 is 11.8 Å². The first kappa shape index (κ1) is 26.3. The standard InChI is InChI=1S/C14H9F13N2S/c1-2-3-6-30-8-28-5-4-7(29-8)9(15,16)10(17,18)11(19,20)12(21,22)13(23,24)14(25,26)27/h2,4-5H,1,3,6H2. The van der Waals surface area contributed by atoms with Crippen molar-refractivity contribution >= 4 is 11.8 Å². The molecule has 1 heterocycles. The van der Waals surface area contributed by atoms with Crippen LogP contribution in [0.25, 0.3) is 0 Å². The first-order chi connectivity index (χ1) is 13.3. The van der Waals surface area contributed by atoms with Crippen molar-refractivity contribution in [3.63, 3.8) is 0 Å². The minimum absolute atomic E-state index is 0.0426. The molecule has 0 amide bonds. The van der Waals surface area contributed by atoms with Gasteiger partial charge in [-0.05, 0) is 12.5 Å². The van der Waals surface area contributed by atoms with Crippen molar-refractivity contribution in [2.45, 2.75) is 47.4 Å². The van der Waals surface area contributed by atoms with E-state index in [1.165, 1.54) is 6.08 Å². The normalized spacial score (nSPS) is 14.7. The predicted molar refractivity (Wildman–Crippen MR) is 77.3 cm³/mol. The van der Waals surface area contributed by atoms with Gasteiger partial charge in [-0.3, -0.25) is 0 Å². The molecule has 0 aliphatic rings. The van der Waals surface area contributed by atoms with Gasteiger partial charge >= 0.3 is 35.8 Å². The molecule has 0 fully saturated rings. The Hall–Kier alpha value is -1.74. The van der Waals surface area contributed by atoms with Gasteiger partial charge in [0.15, 0.2) is 5.16 Å². The maximum atomic E-state index is 14.0. The Morgan fingerprint density at radius 3 is 1.77 bits per heavy atom. The highest BCUT2D eigenvalue weighted by atomic mass is 32.2. The summed E-state index contributed by atoms with van der Waals surface area (Å²) in [6.07, 6.45) is -5.54. The van der Waals surface area contributed by atoms with Crippen LogP contribution in [0.15, 0.2) is 30.1 Å². The second-order valence-electron chi connectivity index (χ2n) is 5.52. The minimum Gasteiger partial charge on any atom is -0.231 e. The van der Waals surface area contributed by atoms with Crippen molar-refractivity contribution < 1.29 is 57.1 Å². The number of halogens is 13. The van der Waals surface area contributed by atoms with Gasteiger partial charge in [-0.15, -0.1) is 6.58 Å². The molecule has 1 rings (SSSR count). The van der Waals surface area contributed by atoms with E-state index in [1.807, 2.05) is 0 Å². The van der Waals surface area contributed by atoms with Crippen molar-refractivity contribution in [1.29, 1.82) is 0 Å². The van der Waals surface area contributed by atoms with Crippen LogP contribution < -0.4 is 0 Å². The molecule has 0 unspecified atom stereocenters. The second-order valence-corrected chi connectivity index (χ2v) is 6.58. The number of thioether (sulfide) groups is 1. The Balaban J connectivity index is 3.46. The molecule has 30 heavy (non-hydrogen) atoms. The van der Waals surface area contributed by atoms with E-state index in [2.05, 4.69) is 16.5 Å². The number of hydrogen-bond acceptors (Lipinski definition) is 3. The smallest absolute Gasteiger partial charge is 0.231 e. The van der Waals surface area contributed by atoms with E-state index in [-0.39, 0.29) is 18.2 Å². The summed E-state index contributed by atoms with van der Waals surface area (Å²) in [5.41, 5.74) is -2.30. The van der Waals surface area contributed by atoms with Gasteiger partial charge in [-0.1, -0.05) is 17.8 Å². The largest absolute Gasteiger partial charge is 0.460 e. The molecule has 0 aromatic carbocycles. The minimum atomic E-state index is -7.94. The summed E-state index contributed by atoms with van der Waals surface area (Å²) in [6.45, 7) is 3.30. The molecule has 0 spiro atoms. The highest BCUT2D eigenvalue weighted by molar-refractivity contribution is 7.99. The van der Waals surface area contributed by atoms with Crippen LogP contribution in [0.4, 0.5) is 57.1 Å². The van der Waals surface area contributed by atoms with Gasteiger partial charge in [-0.2, -0.15) is 57.1 Å². The van der Waals surface area contributed by atoms with E-state index >= 15 is 0 Å². The molecular formula is C14H9F13N2S. The molecule has 0 saturated heterocycles. The van der Waals surface area contributed by atoms with Crippen LogP contribution in [-0.4, -0.2) is 45.6 Å². The Morgan fingerprint density at radius 1 is 0.800 bits per heavy atom. The summed E-state index contributed by atoms with van der Waals surface area (Å²) >= 11 is 0.530. The Kier molecular flexibility index (Phi) is 7.07. The number of nitrogens with zero attached hydrogens (tertiary/aromatic N) is 2. The fraction of sp³-hybridized carbons (Fsp3) is 0.571. The summed E-state index contributed by atoms with van der Waals surface area (Å²) in [7, 11) is 0. The van der Waals surface area contributed by atoms with E-state index < -0.39 is 46.6 Å². The van der Waals surface area contributed by atoms with Crippen molar-refractivity contribution in [3.8, 4) is 0 Å². The van der Waals surface area contributed by atoms with Crippen LogP contribution in [0.3, 0.4) is 0 Å². The SMILES string of the molecule is C=CCCSc1nccc(C(F)(F)C(F)(F)C(F)(F)C(F)(F)C(F)(F)C(F)(F)F)n1. The van der Waals surface area contributed by atoms with Crippen molar-refractivity contribution in [2.75, 3.05) is 5.75 Å². The zero-order valence-electron chi connectivity index (χ0n) is 14.1. The lowest BCUT2D eigenvalue weighted by Gasteiger charge is -2.39. The summed E-state index contributed by atoms with van der Waals surface area (Å²) in [5, 5.41) is -0.708. The highest BCUT2D eigenvalue weighted by Gasteiger charge is 2.91. The van der Waals surface area contributed by atoms with Crippen molar-refractivity contribution in [1.82, 2.24) is 9.97 Å². The van der Waals surface area contributed by atoms with Gasteiger partial charge in [0.05, 0.1) is 0 Å². The Bertz CT molecular complexity index is 760. The first-order valence-electron chi connectivity index (χ1n) is 7.32. The quantitative estimate of drug-likeness (QED) is 0.135. The molecule has 0 saturated carbocycles. The van der Waals surface area contributed by atoms with Crippen LogP contribution in [-0.2, 0) is 5.92 Å². The molecule has 0 aliphatic heterocycles. The summed E-state index contributed by atoms with van der Waals surface area (Å²) in [4.78, 5) is 6.11. The zero-order valence-corrected chi connectivity index (χ0v) is 14.9. The topological polar surface area (TPSA) is 25.8 Å². The molecule has 1 aromatic rings. The molecule has 172 valence electrons. The number of alkyl halides is 13. The van der Waals surface area contributed by atoms with Crippen molar-refractivity contribution in [2.24, 2.45) is 0 Å². The predicted octanol–water partition coefficient (Wildman–Crippen LogP) is 6.34. The third kappa shape index (κ3) is 4.06. The average molecular weight is 484 g/mol. The lowest BCUT2D eigenvalue weighted by molar-refractivity contribution is -0.442. The zero-order chi connectivity index (χ0) is 23.8. The van der Waals surface area contributed by atoms with E-state index in [0.29, 0.717) is 18.0 Å². The Morgan fingerprint density at radius 2 is 1.30 bits per heavy atom. The lowest BCUT2D eigenvalue weighted by Crippen LogP contribution is -2.69. The van der Waals surface area contributed by atoms with Gasteiger partial charge in [0, 0.05) is 11.9 Å².